The minimum Gasteiger partial charge on any atom is -0.444 e. The minimum atomic E-state index is -0.387. The van der Waals surface area contributed by atoms with E-state index >= 15 is 0 Å². The molecule has 0 spiro atoms. The van der Waals surface area contributed by atoms with E-state index in [1.165, 1.54) is 0 Å². The fourth-order valence-electron chi connectivity index (χ4n) is 1.52. The van der Waals surface area contributed by atoms with E-state index in [4.69, 9.17) is 4.74 Å². The second kappa shape index (κ2) is 4.17. The second-order valence-corrected chi connectivity index (χ2v) is 4.93. The Balaban J connectivity index is 2.44. The molecule has 1 amide bonds. The van der Waals surface area contributed by atoms with E-state index in [-0.39, 0.29) is 11.7 Å². The van der Waals surface area contributed by atoms with Gasteiger partial charge in [-0.25, -0.2) is 4.79 Å². The summed E-state index contributed by atoms with van der Waals surface area (Å²) in [5.74, 6) is 0. The Morgan fingerprint density at radius 2 is 2.14 bits per heavy atom. The molecule has 0 saturated carbocycles. The van der Waals surface area contributed by atoms with Gasteiger partial charge in [-0.2, -0.15) is 0 Å². The van der Waals surface area contributed by atoms with Crippen LogP contribution in [0.25, 0.3) is 0 Å². The van der Waals surface area contributed by atoms with Crippen molar-refractivity contribution >= 4 is 6.09 Å². The molecule has 1 atom stereocenters. The molecule has 82 valence electrons. The van der Waals surface area contributed by atoms with Crippen LogP contribution in [-0.2, 0) is 4.74 Å². The lowest BCUT2D eigenvalue weighted by molar-refractivity contribution is -0.693. The zero-order chi connectivity index (χ0) is 10.8. The molecule has 0 aromatic carbocycles. The van der Waals surface area contributed by atoms with Crippen LogP contribution in [0, 0.1) is 0 Å². The predicted molar refractivity (Wildman–Crippen MR) is 54.1 cm³/mol. The number of piperazine rings is 1. The largest absolute Gasteiger partial charge is 0.444 e. The first-order valence-electron chi connectivity index (χ1n) is 5.20. The number of rotatable bonds is 0. The Kier molecular flexibility index (Phi) is 3.37. The molecule has 0 aromatic heterocycles. The van der Waals surface area contributed by atoms with Gasteiger partial charge in [0.15, 0.2) is 0 Å². The highest BCUT2D eigenvalue weighted by Crippen LogP contribution is 2.10. The van der Waals surface area contributed by atoms with Crippen molar-refractivity contribution in [1.29, 1.82) is 0 Å². The minimum absolute atomic E-state index is 0.183. The normalized spacial score (nSPS) is 23.4. The lowest BCUT2D eigenvalue weighted by Crippen LogP contribution is -2.94. The zero-order valence-electron chi connectivity index (χ0n) is 9.54. The van der Waals surface area contributed by atoms with Crippen LogP contribution in [0.4, 0.5) is 4.79 Å². The molecule has 1 saturated heterocycles. The van der Waals surface area contributed by atoms with Crippen molar-refractivity contribution < 1.29 is 14.8 Å². The summed E-state index contributed by atoms with van der Waals surface area (Å²) >= 11 is 0. The first-order valence-corrected chi connectivity index (χ1v) is 5.20. The Bertz CT molecular complexity index is 211. The standard InChI is InChI=1S/C10H20N2O2/c1-8-7-12(6-5-11-8)9(13)14-10(2,3)4/h8,11H,5-7H2,1-4H3/p+1/t8-/m0/s1. The molecule has 0 aliphatic carbocycles. The number of carbonyl (C=O) groups excluding carboxylic acids is 1. The molecule has 14 heavy (non-hydrogen) atoms. The van der Waals surface area contributed by atoms with Gasteiger partial charge in [-0.15, -0.1) is 0 Å². The summed E-state index contributed by atoms with van der Waals surface area (Å²) in [6.45, 7) is 10.4. The summed E-state index contributed by atoms with van der Waals surface area (Å²) in [4.78, 5) is 13.4. The lowest BCUT2D eigenvalue weighted by Gasteiger charge is -2.31. The Morgan fingerprint density at radius 3 is 2.64 bits per heavy atom. The lowest BCUT2D eigenvalue weighted by atomic mass is 10.2. The molecular weight excluding hydrogens is 180 g/mol. The third-order valence-electron chi connectivity index (χ3n) is 2.13. The number of amides is 1. The molecule has 0 aromatic rings. The van der Waals surface area contributed by atoms with E-state index in [1.807, 2.05) is 20.8 Å². The monoisotopic (exact) mass is 201 g/mol. The molecule has 1 rings (SSSR count). The van der Waals surface area contributed by atoms with Crippen LogP contribution in [0.3, 0.4) is 0 Å². The molecule has 0 unspecified atom stereocenters. The van der Waals surface area contributed by atoms with Gasteiger partial charge in [-0.3, -0.25) is 4.90 Å². The summed E-state index contributed by atoms with van der Waals surface area (Å²) in [5, 5.41) is 2.25. The van der Waals surface area contributed by atoms with Gasteiger partial charge in [0.2, 0.25) is 0 Å². The smallest absolute Gasteiger partial charge is 0.410 e. The van der Waals surface area contributed by atoms with E-state index in [2.05, 4.69) is 12.2 Å². The van der Waals surface area contributed by atoms with Gasteiger partial charge in [0.1, 0.15) is 11.6 Å². The molecule has 1 heterocycles. The van der Waals surface area contributed by atoms with Crippen molar-refractivity contribution in [3.8, 4) is 0 Å². The van der Waals surface area contributed by atoms with Crippen LogP contribution in [0.2, 0.25) is 0 Å². The van der Waals surface area contributed by atoms with E-state index < -0.39 is 0 Å². The average Bonchev–Trinajstić information content (AvgIpc) is 2.01. The number of carbonyl (C=O) groups is 1. The van der Waals surface area contributed by atoms with Crippen LogP contribution >= 0.6 is 0 Å². The van der Waals surface area contributed by atoms with Crippen molar-refractivity contribution in [2.75, 3.05) is 19.6 Å². The van der Waals surface area contributed by atoms with Gasteiger partial charge in [-0.05, 0) is 27.7 Å². The van der Waals surface area contributed by atoms with Crippen molar-refractivity contribution in [2.24, 2.45) is 0 Å². The van der Waals surface area contributed by atoms with Gasteiger partial charge in [0.25, 0.3) is 0 Å². The van der Waals surface area contributed by atoms with Crippen molar-refractivity contribution in [1.82, 2.24) is 4.90 Å². The van der Waals surface area contributed by atoms with Gasteiger partial charge in [0, 0.05) is 0 Å². The summed E-state index contributed by atoms with van der Waals surface area (Å²) in [7, 11) is 0. The number of ether oxygens (including phenoxy) is 1. The van der Waals surface area contributed by atoms with Crippen molar-refractivity contribution in [2.45, 2.75) is 39.3 Å². The Labute approximate surface area is 85.6 Å². The highest BCUT2D eigenvalue weighted by atomic mass is 16.6. The van der Waals surface area contributed by atoms with Crippen LogP contribution in [0.5, 0.6) is 0 Å². The van der Waals surface area contributed by atoms with E-state index in [0.717, 1.165) is 19.6 Å². The van der Waals surface area contributed by atoms with Crippen molar-refractivity contribution in [3.63, 3.8) is 0 Å². The summed E-state index contributed by atoms with van der Waals surface area (Å²) in [6.07, 6.45) is -0.183. The molecular formula is C10H21N2O2+. The summed E-state index contributed by atoms with van der Waals surface area (Å²) in [5.41, 5.74) is -0.387. The van der Waals surface area contributed by atoms with Crippen LogP contribution in [0.15, 0.2) is 0 Å². The maximum atomic E-state index is 11.6. The molecule has 4 nitrogen and oxygen atoms in total. The predicted octanol–water partition coefficient (Wildman–Crippen LogP) is 0.189. The average molecular weight is 201 g/mol. The Hall–Kier alpha value is -0.770. The first kappa shape index (κ1) is 11.3. The van der Waals surface area contributed by atoms with Crippen molar-refractivity contribution in [3.05, 3.63) is 0 Å². The third kappa shape index (κ3) is 3.54. The molecule has 2 N–H and O–H groups in total. The van der Waals surface area contributed by atoms with Crippen LogP contribution < -0.4 is 5.32 Å². The topological polar surface area (TPSA) is 46.2 Å². The van der Waals surface area contributed by atoms with E-state index in [9.17, 15) is 4.79 Å². The fraction of sp³-hybridized carbons (Fsp3) is 0.900. The second-order valence-electron chi connectivity index (χ2n) is 4.93. The van der Waals surface area contributed by atoms with Gasteiger partial charge in [0.05, 0.1) is 19.6 Å². The van der Waals surface area contributed by atoms with Gasteiger partial charge in [-0.1, -0.05) is 0 Å². The number of hydrogen-bond acceptors (Lipinski definition) is 2. The summed E-state index contributed by atoms with van der Waals surface area (Å²) in [6, 6.07) is 0.483. The maximum Gasteiger partial charge on any atom is 0.410 e. The van der Waals surface area contributed by atoms with Gasteiger partial charge >= 0.3 is 6.09 Å². The number of hydrogen-bond donors (Lipinski definition) is 1. The maximum absolute atomic E-state index is 11.6. The van der Waals surface area contributed by atoms with Crippen LogP contribution in [0.1, 0.15) is 27.7 Å². The summed E-state index contributed by atoms with van der Waals surface area (Å²) < 4.78 is 5.30. The SMILES string of the molecule is C[C@H]1CN(C(=O)OC(C)(C)C)CC[NH2+]1. The zero-order valence-corrected chi connectivity index (χ0v) is 9.54. The third-order valence-corrected chi connectivity index (χ3v) is 2.13. The molecule has 0 bridgehead atoms. The first-order chi connectivity index (χ1) is 6.38. The van der Waals surface area contributed by atoms with E-state index in [1.54, 1.807) is 4.90 Å². The molecule has 1 aliphatic rings. The number of nitrogens with two attached hydrogens (primary N) is 1. The quantitative estimate of drug-likeness (QED) is 0.608. The molecule has 4 heteroatoms. The van der Waals surface area contributed by atoms with E-state index in [0.29, 0.717) is 6.04 Å². The molecule has 1 aliphatic heterocycles. The molecule has 0 radical (unpaired) electrons. The highest BCUT2D eigenvalue weighted by molar-refractivity contribution is 5.68. The number of nitrogens with zero attached hydrogens (tertiary/aromatic N) is 1. The molecule has 1 fully saturated rings. The van der Waals surface area contributed by atoms with Gasteiger partial charge < -0.3 is 10.1 Å². The Morgan fingerprint density at radius 1 is 1.50 bits per heavy atom. The fourth-order valence-corrected chi connectivity index (χ4v) is 1.52. The van der Waals surface area contributed by atoms with Crippen LogP contribution in [-0.4, -0.2) is 42.3 Å². The number of quaternary nitrogens is 1. The highest BCUT2D eigenvalue weighted by Gasteiger charge is 2.27.